The van der Waals surface area contributed by atoms with E-state index in [1.54, 1.807) is 49.6 Å². The Hall–Kier alpha value is -3.81. The summed E-state index contributed by atoms with van der Waals surface area (Å²) in [6.45, 7) is -0.299. The second kappa shape index (κ2) is 8.61. The Bertz CT molecular complexity index is 1330. The molecule has 1 N–H and O–H groups in total. The van der Waals surface area contributed by atoms with Crippen LogP contribution >= 0.6 is 0 Å². The minimum absolute atomic E-state index is 0.0653. The zero-order chi connectivity index (χ0) is 22.9. The third-order valence-corrected chi connectivity index (χ3v) is 5.71. The van der Waals surface area contributed by atoms with Crippen LogP contribution in [-0.2, 0) is 13.2 Å². The summed E-state index contributed by atoms with van der Waals surface area (Å²) in [7, 11) is 1.68. The van der Waals surface area contributed by atoms with Crippen molar-refractivity contribution in [3.8, 4) is 17.0 Å². The van der Waals surface area contributed by atoms with Crippen molar-refractivity contribution in [3.63, 3.8) is 0 Å². The number of rotatable bonds is 7. The van der Waals surface area contributed by atoms with Crippen molar-refractivity contribution in [2.24, 2.45) is 0 Å². The van der Waals surface area contributed by atoms with Gasteiger partial charge in [0.1, 0.15) is 24.3 Å². The number of pyridine rings is 1. The summed E-state index contributed by atoms with van der Waals surface area (Å²) in [5.74, 6) is -0.317. The summed E-state index contributed by atoms with van der Waals surface area (Å²) in [5, 5.41) is 7.62. The first-order valence-corrected chi connectivity index (χ1v) is 10.7. The second-order valence-electron chi connectivity index (χ2n) is 8.21. The van der Waals surface area contributed by atoms with E-state index in [1.165, 1.54) is 17.0 Å². The molecule has 1 aliphatic rings. The fourth-order valence-electron chi connectivity index (χ4n) is 3.79. The highest BCUT2D eigenvalue weighted by atomic mass is 19.1. The molecule has 0 aliphatic heterocycles. The molecular formula is C25H22F2N4O2. The smallest absolute Gasteiger partial charge is 0.272 e. The predicted molar refractivity (Wildman–Crippen MR) is 120 cm³/mol. The SMILES string of the molecule is CN(Cc1ccc(CF)c2cn[nH]c12)C(=O)c1ccc(-c2cccc(F)c2)c(OC2CC2)n1. The third kappa shape index (κ3) is 4.28. The third-order valence-electron chi connectivity index (χ3n) is 5.71. The van der Waals surface area contributed by atoms with Crippen LogP contribution in [0.15, 0.2) is 54.7 Å². The van der Waals surface area contributed by atoms with Gasteiger partial charge in [-0.15, -0.1) is 0 Å². The molecule has 6 nitrogen and oxygen atoms in total. The first-order valence-electron chi connectivity index (χ1n) is 10.7. The molecule has 0 spiro atoms. The number of aromatic nitrogens is 3. The van der Waals surface area contributed by atoms with Gasteiger partial charge in [0.05, 0.1) is 11.7 Å². The Labute approximate surface area is 189 Å². The van der Waals surface area contributed by atoms with Gasteiger partial charge >= 0.3 is 0 Å². The molecule has 0 saturated heterocycles. The fraction of sp³-hybridized carbons (Fsp3) is 0.240. The highest BCUT2D eigenvalue weighted by Crippen LogP contribution is 2.34. The van der Waals surface area contributed by atoms with E-state index in [9.17, 15) is 13.6 Å². The number of aromatic amines is 1. The van der Waals surface area contributed by atoms with Crippen molar-refractivity contribution in [2.75, 3.05) is 7.05 Å². The number of benzene rings is 2. The highest BCUT2D eigenvalue weighted by molar-refractivity contribution is 5.93. The molecule has 1 aliphatic carbocycles. The molecular weight excluding hydrogens is 426 g/mol. The summed E-state index contributed by atoms with van der Waals surface area (Å²) in [6.07, 6.45) is 3.51. The van der Waals surface area contributed by atoms with Crippen molar-refractivity contribution in [2.45, 2.75) is 32.2 Å². The molecule has 0 atom stereocenters. The maximum absolute atomic E-state index is 13.8. The predicted octanol–water partition coefficient (Wildman–Crippen LogP) is 5.05. The first kappa shape index (κ1) is 21.1. The molecule has 1 saturated carbocycles. The highest BCUT2D eigenvalue weighted by Gasteiger charge is 2.27. The van der Waals surface area contributed by atoms with Crippen molar-refractivity contribution >= 4 is 16.8 Å². The van der Waals surface area contributed by atoms with E-state index in [2.05, 4.69) is 15.2 Å². The number of nitrogens with zero attached hydrogens (tertiary/aromatic N) is 3. The molecule has 1 amide bonds. The fourth-order valence-corrected chi connectivity index (χ4v) is 3.79. The van der Waals surface area contributed by atoms with Crippen LogP contribution in [0.25, 0.3) is 22.0 Å². The van der Waals surface area contributed by atoms with Gasteiger partial charge in [-0.25, -0.2) is 13.8 Å². The number of carbonyl (C=O) groups is 1. The molecule has 0 bridgehead atoms. The van der Waals surface area contributed by atoms with Gasteiger partial charge in [0, 0.05) is 24.5 Å². The molecule has 0 radical (unpaired) electrons. The van der Waals surface area contributed by atoms with E-state index in [1.807, 2.05) is 0 Å². The number of fused-ring (bicyclic) bond motifs is 1. The summed E-state index contributed by atoms with van der Waals surface area (Å²) < 4.78 is 33.0. The first-order chi connectivity index (χ1) is 16.0. The average molecular weight is 448 g/mol. The Morgan fingerprint density at radius 1 is 1.18 bits per heavy atom. The van der Waals surface area contributed by atoms with E-state index in [4.69, 9.17) is 4.74 Å². The second-order valence-corrected chi connectivity index (χ2v) is 8.21. The summed E-state index contributed by atoms with van der Waals surface area (Å²) >= 11 is 0. The minimum Gasteiger partial charge on any atom is -0.474 e. The van der Waals surface area contributed by atoms with E-state index < -0.39 is 6.67 Å². The van der Waals surface area contributed by atoms with Gasteiger partial charge in [-0.2, -0.15) is 5.10 Å². The number of ether oxygens (including phenoxy) is 1. The monoisotopic (exact) mass is 448 g/mol. The number of alkyl halides is 1. The number of carbonyl (C=O) groups excluding carboxylic acids is 1. The maximum Gasteiger partial charge on any atom is 0.272 e. The van der Waals surface area contributed by atoms with Gasteiger partial charge in [0.25, 0.3) is 5.91 Å². The zero-order valence-electron chi connectivity index (χ0n) is 18.0. The lowest BCUT2D eigenvalue weighted by molar-refractivity contribution is 0.0778. The number of H-pyrrole nitrogens is 1. The van der Waals surface area contributed by atoms with E-state index >= 15 is 0 Å². The lowest BCUT2D eigenvalue weighted by atomic mass is 10.1. The molecule has 5 rings (SSSR count). The van der Waals surface area contributed by atoms with Gasteiger partial charge in [-0.05, 0) is 53.8 Å². The van der Waals surface area contributed by atoms with Crippen LogP contribution in [0.4, 0.5) is 8.78 Å². The summed E-state index contributed by atoms with van der Waals surface area (Å²) in [4.78, 5) is 19.2. The number of halogens is 2. The Balaban J connectivity index is 1.43. The van der Waals surface area contributed by atoms with Crippen LogP contribution in [0.1, 0.15) is 34.5 Å². The molecule has 168 valence electrons. The quantitative estimate of drug-likeness (QED) is 0.430. The van der Waals surface area contributed by atoms with Gasteiger partial charge in [0.2, 0.25) is 5.88 Å². The van der Waals surface area contributed by atoms with Gasteiger partial charge < -0.3 is 9.64 Å². The Morgan fingerprint density at radius 3 is 2.76 bits per heavy atom. The number of hydrogen-bond acceptors (Lipinski definition) is 4. The Kier molecular flexibility index (Phi) is 5.50. The van der Waals surface area contributed by atoms with Gasteiger partial charge in [-0.1, -0.05) is 24.3 Å². The van der Waals surface area contributed by atoms with Crippen molar-refractivity contribution in [1.82, 2.24) is 20.1 Å². The summed E-state index contributed by atoms with van der Waals surface area (Å²) in [6, 6.07) is 13.1. The molecule has 0 unspecified atom stereocenters. The average Bonchev–Trinajstić information content (AvgIpc) is 3.49. The van der Waals surface area contributed by atoms with Crippen LogP contribution in [0.2, 0.25) is 0 Å². The van der Waals surface area contributed by atoms with Crippen molar-refractivity contribution < 1.29 is 18.3 Å². The van der Waals surface area contributed by atoms with E-state index in [0.717, 1.165) is 18.4 Å². The Morgan fingerprint density at radius 2 is 2.00 bits per heavy atom. The minimum atomic E-state index is -0.587. The van der Waals surface area contributed by atoms with E-state index in [-0.39, 0.29) is 30.1 Å². The molecule has 2 aromatic carbocycles. The molecule has 33 heavy (non-hydrogen) atoms. The lowest BCUT2D eigenvalue weighted by Gasteiger charge is -2.19. The van der Waals surface area contributed by atoms with Gasteiger partial charge in [0.15, 0.2) is 0 Å². The van der Waals surface area contributed by atoms with Gasteiger partial charge in [-0.3, -0.25) is 9.89 Å². The largest absolute Gasteiger partial charge is 0.474 e. The van der Waals surface area contributed by atoms with Crippen LogP contribution < -0.4 is 4.74 Å². The van der Waals surface area contributed by atoms with Crippen LogP contribution in [0.5, 0.6) is 5.88 Å². The molecule has 4 aromatic rings. The van der Waals surface area contributed by atoms with E-state index in [0.29, 0.717) is 33.5 Å². The topological polar surface area (TPSA) is 71.1 Å². The standard InChI is InChI=1S/C25H22F2N4O2/c1-31(14-17-6-5-16(12-26)21-13-28-30-23(17)21)25(32)22-10-9-20(15-3-2-4-18(27)11-15)24(29-22)33-19-7-8-19/h2-6,9-11,13,19H,7-8,12,14H2,1H3,(H,28,30). The number of amides is 1. The lowest BCUT2D eigenvalue weighted by Crippen LogP contribution is -2.27. The molecule has 2 aromatic heterocycles. The van der Waals surface area contributed by atoms with Crippen molar-refractivity contribution in [1.29, 1.82) is 0 Å². The van der Waals surface area contributed by atoms with Crippen molar-refractivity contribution in [3.05, 3.63) is 77.4 Å². The molecule has 8 heteroatoms. The van der Waals surface area contributed by atoms with Crippen LogP contribution in [0, 0.1) is 5.82 Å². The zero-order valence-corrected chi connectivity index (χ0v) is 18.0. The molecule has 1 fully saturated rings. The number of nitrogens with one attached hydrogen (secondary N) is 1. The number of hydrogen-bond donors (Lipinski definition) is 1. The maximum atomic E-state index is 13.8. The van der Waals surface area contributed by atoms with Crippen LogP contribution in [0.3, 0.4) is 0 Å². The normalized spacial score (nSPS) is 13.3. The summed E-state index contributed by atoms with van der Waals surface area (Å²) in [5.41, 5.74) is 3.59. The van der Waals surface area contributed by atoms with Crippen LogP contribution in [-0.4, -0.2) is 39.1 Å². The molecule has 2 heterocycles.